The highest BCUT2D eigenvalue weighted by Crippen LogP contribution is 2.20. The maximum absolute atomic E-state index is 12.7. The van der Waals surface area contributed by atoms with Crippen molar-refractivity contribution in [3.8, 4) is 0 Å². The minimum Gasteiger partial charge on any atom is -0.316 e. The van der Waals surface area contributed by atoms with E-state index in [0.29, 0.717) is 0 Å². The van der Waals surface area contributed by atoms with E-state index in [2.05, 4.69) is 12.2 Å². The second-order valence-electron chi connectivity index (χ2n) is 5.22. The van der Waals surface area contributed by atoms with Crippen LogP contribution in [0.1, 0.15) is 32.6 Å². The van der Waals surface area contributed by atoms with Crippen LogP contribution < -0.4 is 10.2 Å². The van der Waals surface area contributed by atoms with Crippen molar-refractivity contribution in [1.82, 2.24) is 5.32 Å². The van der Waals surface area contributed by atoms with Crippen molar-refractivity contribution < 1.29 is 4.79 Å². The Labute approximate surface area is 128 Å². The maximum atomic E-state index is 12.7. The number of hydrogen-bond donors (Lipinski definition) is 1. The van der Waals surface area contributed by atoms with Crippen molar-refractivity contribution in [2.75, 3.05) is 24.5 Å². The first-order valence-corrected chi connectivity index (χ1v) is 7.40. The minimum atomic E-state index is 0. The fraction of sp³-hybridized carbons (Fsp3) is 0.562. The van der Waals surface area contributed by atoms with Crippen LogP contribution in [0, 0.1) is 5.92 Å². The average Bonchev–Trinajstić information content (AvgIpc) is 2.49. The van der Waals surface area contributed by atoms with Crippen LogP contribution in [0.5, 0.6) is 0 Å². The summed E-state index contributed by atoms with van der Waals surface area (Å²) in [6, 6.07) is 10.1. The minimum absolute atomic E-state index is 0. The number of halogens is 1. The monoisotopic (exact) mass is 296 g/mol. The number of piperidine rings is 1. The molecule has 4 heteroatoms. The van der Waals surface area contributed by atoms with Gasteiger partial charge in [0.15, 0.2) is 0 Å². The van der Waals surface area contributed by atoms with Gasteiger partial charge in [-0.15, -0.1) is 12.4 Å². The van der Waals surface area contributed by atoms with Gasteiger partial charge in [0.2, 0.25) is 5.91 Å². The summed E-state index contributed by atoms with van der Waals surface area (Å²) in [4.78, 5) is 14.7. The predicted molar refractivity (Wildman–Crippen MR) is 86.5 cm³/mol. The summed E-state index contributed by atoms with van der Waals surface area (Å²) in [7, 11) is 0. The largest absolute Gasteiger partial charge is 0.316 e. The molecule has 1 fully saturated rings. The zero-order valence-corrected chi connectivity index (χ0v) is 13.0. The van der Waals surface area contributed by atoms with Gasteiger partial charge in [-0.1, -0.05) is 31.5 Å². The molecule has 20 heavy (non-hydrogen) atoms. The van der Waals surface area contributed by atoms with E-state index in [-0.39, 0.29) is 24.2 Å². The third-order valence-corrected chi connectivity index (χ3v) is 3.72. The van der Waals surface area contributed by atoms with Gasteiger partial charge in [0.1, 0.15) is 0 Å². The fourth-order valence-electron chi connectivity index (χ4n) is 2.57. The molecule has 0 spiro atoms. The lowest BCUT2D eigenvalue weighted by Crippen LogP contribution is -2.43. The molecule has 1 N–H and O–H groups in total. The van der Waals surface area contributed by atoms with E-state index in [1.807, 2.05) is 35.2 Å². The third kappa shape index (κ3) is 4.50. The van der Waals surface area contributed by atoms with Gasteiger partial charge in [-0.25, -0.2) is 0 Å². The van der Waals surface area contributed by atoms with Crippen LogP contribution in [0.4, 0.5) is 5.69 Å². The topological polar surface area (TPSA) is 32.3 Å². The van der Waals surface area contributed by atoms with Gasteiger partial charge in [-0.3, -0.25) is 4.79 Å². The van der Waals surface area contributed by atoms with Gasteiger partial charge < -0.3 is 10.2 Å². The second-order valence-corrected chi connectivity index (χ2v) is 5.22. The molecule has 0 bridgehead atoms. The molecule has 0 aliphatic carbocycles. The summed E-state index contributed by atoms with van der Waals surface area (Å²) in [6.07, 6.45) is 4.29. The number of rotatable bonds is 5. The van der Waals surface area contributed by atoms with Gasteiger partial charge in [0, 0.05) is 18.8 Å². The number of unbranched alkanes of at least 4 members (excludes halogenated alkanes) is 1. The Balaban J connectivity index is 0.00000200. The Morgan fingerprint density at radius 2 is 2.10 bits per heavy atom. The molecule has 1 atom stereocenters. The number of benzene rings is 1. The second kappa shape index (κ2) is 8.98. The first-order valence-electron chi connectivity index (χ1n) is 7.40. The standard InChI is InChI=1S/C16H24N2O.ClH/c1-2-3-12-18(15-9-5-4-6-10-15)16(19)14-8-7-11-17-13-14;/h4-6,9-10,14,17H,2-3,7-8,11-13H2,1H3;1H. The molecule has 1 aliphatic heterocycles. The molecular formula is C16H25ClN2O. The van der Waals surface area contributed by atoms with Crippen LogP contribution >= 0.6 is 12.4 Å². The van der Waals surface area contributed by atoms with Gasteiger partial charge in [-0.05, 0) is 37.9 Å². The molecule has 1 aromatic rings. The molecular weight excluding hydrogens is 272 g/mol. The van der Waals surface area contributed by atoms with Crippen molar-refractivity contribution in [3.63, 3.8) is 0 Å². The van der Waals surface area contributed by atoms with Crippen LogP contribution in [0.3, 0.4) is 0 Å². The summed E-state index contributed by atoms with van der Waals surface area (Å²) < 4.78 is 0. The quantitative estimate of drug-likeness (QED) is 0.905. The Morgan fingerprint density at radius 1 is 1.35 bits per heavy atom. The fourth-order valence-corrected chi connectivity index (χ4v) is 2.57. The third-order valence-electron chi connectivity index (χ3n) is 3.72. The van der Waals surface area contributed by atoms with Crippen LogP contribution in [-0.2, 0) is 4.79 Å². The first kappa shape index (κ1) is 17.0. The highest BCUT2D eigenvalue weighted by atomic mass is 35.5. The summed E-state index contributed by atoms with van der Waals surface area (Å²) in [5.41, 5.74) is 1.03. The molecule has 0 saturated carbocycles. The number of hydrogen-bond acceptors (Lipinski definition) is 2. The highest BCUT2D eigenvalue weighted by Gasteiger charge is 2.26. The first-order chi connectivity index (χ1) is 9.33. The predicted octanol–water partition coefficient (Wildman–Crippen LogP) is 3.24. The Bertz CT molecular complexity index is 391. The molecule has 1 heterocycles. The van der Waals surface area contributed by atoms with E-state index >= 15 is 0 Å². The number of nitrogens with one attached hydrogen (secondary N) is 1. The zero-order chi connectivity index (χ0) is 13.5. The lowest BCUT2D eigenvalue weighted by Gasteiger charge is -2.29. The Hall–Kier alpha value is -1.06. The van der Waals surface area contributed by atoms with E-state index in [9.17, 15) is 4.79 Å². The van der Waals surface area contributed by atoms with Crippen LogP contribution in [0.25, 0.3) is 0 Å². The van der Waals surface area contributed by atoms with E-state index in [0.717, 1.165) is 51.0 Å². The summed E-state index contributed by atoms with van der Waals surface area (Å²) in [6.45, 7) is 4.87. The zero-order valence-electron chi connectivity index (χ0n) is 12.2. The van der Waals surface area contributed by atoms with Crippen molar-refractivity contribution in [2.45, 2.75) is 32.6 Å². The normalized spacial score (nSPS) is 18.1. The summed E-state index contributed by atoms with van der Waals surface area (Å²) >= 11 is 0. The molecule has 1 amide bonds. The van der Waals surface area contributed by atoms with E-state index in [1.54, 1.807) is 0 Å². The molecule has 112 valence electrons. The number of carbonyl (C=O) groups is 1. The van der Waals surface area contributed by atoms with Gasteiger partial charge in [0.25, 0.3) is 0 Å². The molecule has 0 aromatic heterocycles. The molecule has 3 nitrogen and oxygen atoms in total. The molecule has 1 aliphatic rings. The number of carbonyl (C=O) groups excluding carboxylic acids is 1. The van der Waals surface area contributed by atoms with Crippen molar-refractivity contribution >= 4 is 24.0 Å². The maximum Gasteiger partial charge on any atom is 0.231 e. The lowest BCUT2D eigenvalue weighted by molar-refractivity contribution is -0.122. The highest BCUT2D eigenvalue weighted by molar-refractivity contribution is 5.95. The van der Waals surface area contributed by atoms with E-state index in [1.165, 1.54) is 0 Å². The molecule has 0 radical (unpaired) electrons. The van der Waals surface area contributed by atoms with E-state index < -0.39 is 0 Å². The Kier molecular flexibility index (Phi) is 7.63. The van der Waals surface area contributed by atoms with Crippen molar-refractivity contribution in [1.29, 1.82) is 0 Å². The van der Waals surface area contributed by atoms with Gasteiger partial charge in [0.05, 0.1) is 5.92 Å². The number of amides is 1. The van der Waals surface area contributed by atoms with Crippen molar-refractivity contribution in [3.05, 3.63) is 30.3 Å². The molecule has 1 aromatic carbocycles. The lowest BCUT2D eigenvalue weighted by atomic mass is 9.97. The van der Waals surface area contributed by atoms with Crippen LogP contribution in [0.2, 0.25) is 0 Å². The summed E-state index contributed by atoms with van der Waals surface area (Å²) in [5, 5.41) is 3.33. The van der Waals surface area contributed by atoms with Crippen molar-refractivity contribution in [2.24, 2.45) is 5.92 Å². The average molecular weight is 297 g/mol. The van der Waals surface area contributed by atoms with Crippen LogP contribution in [0.15, 0.2) is 30.3 Å². The van der Waals surface area contributed by atoms with Gasteiger partial charge >= 0.3 is 0 Å². The smallest absolute Gasteiger partial charge is 0.231 e. The molecule has 1 saturated heterocycles. The van der Waals surface area contributed by atoms with Gasteiger partial charge in [-0.2, -0.15) is 0 Å². The number of nitrogens with zero attached hydrogens (tertiary/aromatic N) is 1. The molecule has 1 unspecified atom stereocenters. The summed E-state index contributed by atoms with van der Waals surface area (Å²) in [5.74, 6) is 0.428. The number of anilines is 1. The SMILES string of the molecule is CCCCN(C(=O)C1CCCNC1)c1ccccc1.Cl. The van der Waals surface area contributed by atoms with Crippen LogP contribution in [-0.4, -0.2) is 25.5 Å². The number of para-hydroxylation sites is 1. The molecule has 2 rings (SSSR count). The van der Waals surface area contributed by atoms with E-state index in [4.69, 9.17) is 0 Å². The Morgan fingerprint density at radius 3 is 2.70 bits per heavy atom.